The molecular weight excluding hydrogens is 348 g/mol. The number of para-hydroxylation sites is 1. The summed E-state index contributed by atoms with van der Waals surface area (Å²) in [5.41, 5.74) is 1.68. The Bertz CT molecular complexity index is 867. The number of carbonyl (C=O) groups excluding carboxylic acids is 1. The van der Waals surface area contributed by atoms with Gasteiger partial charge in [-0.2, -0.15) is 0 Å². The summed E-state index contributed by atoms with van der Waals surface area (Å²) < 4.78 is 6.63. The van der Waals surface area contributed by atoms with Crippen LogP contribution in [-0.2, 0) is 16.8 Å². The Morgan fingerprint density at radius 2 is 1.61 bits per heavy atom. The van der Waals surface area contributed by atoms with Crippen LogP contribution in [0.3, 0.4) is 0 Å². The van der Waals surface area contributed by atoms with Crippen LogP contribution in [0.4, 0.5) is 0 Å². The zero-order chi connectivity index (χ0) is 19.2. The zero-order valence-corrected chi connectivity index (χ0v) is 16.6. The third kappa shape index (κ3) is 3.00. The summed E-state index contributed by atoms with van der Waals surface area (Å²) in [5.74, 6) is 1.23. The first-order chi connectivity index (χ1) is 13.6. The number of likely N-dealkylation sites (tertiary alicyclic amines) is 1. The summed E-state index contributed by atoms with van der Waals surface area (Å²) in [4.78, 5) is 18.2. The summed E-state index contributed by atoms with van der Waals surface area (Å²) >= 11 is 0. The average Bonchev–Trinajstić information content (AvgIpc) is 3.54. The van der Waals surface area contributed by atoms with Crippen molar-refractivity contribution in [2.45, 2.75) is 43.2 Å². The molecule has 2 aliphatic heterocycles. The number of rotatable bonds is 2. The van der Waals surface area contributed by atoms with Crippen LogP contribution in [0.1, 0.15) is 36.8 Å². The van der Waals surface area contributed by atoms with Gasteiger partial charge in [-0.15, -0.1) is 0 Å². The monoisotopic (exact) mass is 376 g/mol. The van der Waals surface area contributed by atoms with E-state index in [4.69, 9.17) is 4.74 Å². The quantitative estimate of drug-likeness (QED) is 0.803. The average molecular weight is 377 g/mol. The number of hydrogen-bond donors (Lipinski definition) is 0. The van der Waals surface area contributed by atoms with Crippen LogP contribution in [0.15, 0.2) is 54.6 Å². The minimum atomic E-state index is -0.326. The van der Waals surface area contributed by atoms with Gasteiger partial charge in [-0.25, -0.2) is 0 Å². The molecular formula is C24H28N2O2. The van der Waals surface area contributed by atoms with Gasteiger partial charge < -0.3 is 14.5 Å². The molecule has 0 radical (unpaired) electrons. The molecule has 28 heavy (non-hydrogen) atoms. The van der Waals surface area contributed by atoms with E-state index in [1.54, 1.807) is 0 Å². The number of fused-ring (bicyclic) bond motifs is 1. The highest BCUT2D eigenvalue weighted by atomic mass is 16.5. The first-order valence-electron chi connectivity index (χ1n) is 10.4. The summed E-state index contributed by atoms with van der Waals surface area (Å²) in [7, 11) is 2.16. The summed E-state index contributed by atoms with van der Waals surface area (Å²) in [6, 6.07) is 18.6. The lowest BCUT2D eigenvalue weighted by atomic mass is 9.89. The van der Waals surface area contributed by atoms with E-state index in [1.165, 1.54) is 0 Å². The molecule has 2 heterocycles. The fraction of sp³-hybridized carbons (Fsp3) is 0.458. The van der Waals surface area contributed by atoms with E-state index >= 15 is 0 Å². The van der Waals surface area contributed by atoms with E-state index in [9.17, 15) is 4.79 Å². The van der Waals surface area contributed by atoms with Crippen molar-refractivity contribution in [1.82, 2.24) is 9.80 Å². The largest absolute Gasteiger partial charge is 0.485 e. The second-order valence-electron chi connectivity index (χ2n) is 8.81. The Morgan fingerprint density at radius 1 is 0.929 bits per heavy atom. The van der Waals surface area contributed by atoms with Gasteiger partial charge in [0.1, 0.15) is 11.4 Å². The molecule has 2 aromatic rings. The highest BCUT2D eigenvalue weighted by molar-refractivity contribution is 5.91. The minimum absolute atomic E-state index is 0.275. The van der Waals surface area contributed by atoms with E-state index in [2.05, 4.69) is 41.1 Å². The molecule has 0 N–H and O–H groups in total. The molecule has 146 valence electrons. The predicted molar refractivity (Wildman–Crippen MR) is 109 cm³/mol. The van der Waals surface area contributed by atoms with E-state index in [-0.39, 0.29) is 16.9 Å². The smallest absolute Gasteiger partial charge is 0.233 e. The lowest BCUT2D eigenvalue weighted by Crippen LogP contribution is -2.54. The van der Waals surface area contributed by atoms with Gasteiger partial charge in [-0.1, -0.05) is 48.5 Å². The Labute approximate surface area is 167 Å². The van der Waals surface area contributed by atoms with Crippen molar-refractivity contribution in [2.24, 2.45) is 0 Å². The molecule has 0 bridgehead atoms. The van der Waals surface area contributed by atoms with Crippen LogP contribution in [0.25, 0.3) is 0 Å². The predicted octanol–water partition coefficient (Wildman–Crippen LogP) is 3.60. The molecule has 2 aromatic carbocycles. The van der Waals surface area contributed by atoms with Gasteiger partial charge >= 0.3 is 0 Å². The van der Waals surface area contributed by atoms with E-state index in [0.717, 1.165) is 55.6 Å². The maximum absolute atomic E-state index is 13.8. The number of amides is 1. The highest BCUT2D eigenvalue weighted by Crippen LogP contribution is 2.50. The number of nitrogens with zero attached hydrogens (tertiary/aromatic N) is 2. The first kappa shape index (κ1) is 17.7. The highest BCUT2D eigenvalue weighted by Gasteiger charge is 2.54. The standard InChI is InChI=1S/C24H28N2O2/c1-25-15-13-23(14-16-25)18-26(17-19-7-5-6-10-21(19)28-23)22(27)24(11-12-24)20-8-3-2-4-9-20/h2-10H,11-18H2,1H3. The van der Waals surface area contributed by atoms with Crippen molar-refractivity contribution < 1.29 is 9.53 Å². The fourth-order valence-corrected chi connectivity index (χ4v) is 4.85. The molecule has 5 rings (SSSR count). The molecule has 2 fully saturated rings. The maximum Gasteiger partial charge on any atom is 0.233 e. The van der Waals surface area contributed by atoms with Gasteiger partial charge in [0.05, 0.1) is 12.0 Å². The third-order valence-corrected chi connectivity index (χ3v) is 6.81. The van der Waals surface area contributed by atoms with Crippen LogP contribution in [0.5, 0.6) is 5.75 Å². The minimum Gasteiger partial charge on any atom is -0.485 e. The molecule has 1 saturated heterocycles. The molecule has 1 aliphatic carbocycles. The summed E-state index contributed by atoms with van der Waals surface area (Å²) in [6.45, 7) is 3.34. The van der Waals surface area contributed by atoms with Crippen molar-refractivity contribution in [3.63, 3.8) is 0 Å². The molecule has 4 nitrogen and oxygen atoms in total. The van der Waals surface area contributed by atoms with Crippen molar-refractivity contribution in [3.8, 4) is 5.75 Å². The van der Waals surface area contributed by atoms with Gasteiger partial charge in [0, 0.05) is 38.0 Å². The van der Waals surface area contributed by atoms with Crippen LogP contribution in [0.2, 0.25) is 0 Å². The SMILES string of the molecule is CN1CCC2(CC1)CN(C(=O)C1(c3ccccc3)CC1)Cc1ccccc1O2. The van der Waals surface area contributed by atoms with Gasteiger partial charge in [0.15, 0.2) is 0 Å². The van der Waals surface area contributed by atoms with Crippen LogP contribution in [0, 0.1) is 0 Å². The van der Waals surface area contributed by atoms with Crippen molar-refractivity contribution >= 4 is 5.91 Å². The topological polar surface area (TPSA) is 32.8 Å². The van der Waals surface area contributed by atoms with E-state index < -0.39 is 0 Å². The van der Waals surface area contributed by atoms with Gasteiger partial charge in [0.25, 0.3) is 0 Å². The van der Waals surface area contributed by atoms with Gasteiger partial charge in [-0.3, -0.25) is 4.79 Å². The normalized spacial score (nSPS) is 22.8. The molecule has 4 heteroatoms. The summed E-state index contributed by atoms with van der Waals surface area (Å²) in [6.07, 6.45) is 3.81. The van der Waals surface area contributed by atoms with E-state index in [1.807, 2.05) is 30.3 Å². The zero-order valence-electron chi connectivity index (χ0n) is 16.6. The van der Waals surface area contributed by atoms with Gasteiger partial charge in [0.2, 0.25) is 5.91 Å². The second-order valence-corrected chi connectivity index (χ2v) is 8.81. The van der Waals surface area contributed by atoms with Gasteiger partial charge in [-0.05, 0) is 31.5 Å². The first-order valence-corrected chi connectivity index (χ1v) is 10.4. The maximum atomic E-state index is 13.8. The second kappa shape index (κ2) is 6.63. The number of piperidine rings is 1. The third-order valence-electron chi connectivity index (χ3n) is 6.81. The Hall–Kier alpha value is -2.33. The molecule has 3 aliphatic rings. The number of ether oxygens (including phenoxy) is 1. The Balaban J connectivity index is 1.49. The molecule has 1 saturated carbocycles. The molecule has 0 unspecified atom stereocenters. The Morgan fingerprint density at radius 3 is 2.32 bits per heavy atom. The lowest BCUT2D eigenvalue weighted by Gasteiger charge is -2.42. The van der Waals surface area contributed by atoms with Crippen LogP contribution in [-0.4, -0.2) is 48.0 Å². The number of carbonyl (C=O) groups is 1. The van der Waals surface area contributed by atoms with Crippen molar-refractivity contribution in [2.75, 3.05) is 26.7 Å². The summed E-state index contributed by atoms with van der Waals surface area (Å²) in [5, 5.41) is 0. The molecule has 0 aromatic heterocycles. The van der Waals surface area contributed by atoms with E-state index in [0.29, 0.717) is 13.1 Å². The number of benzene rings is 2. The van der Waals surface area contributed by atoms with Crippen molar-refractivity contribution in [3.05, 3.63) is 65.7 Å². The number of hydrogen-bond acceptors (Lipinski definition) is 3. The van der Waals surface area contributed by atoms with Crippen molar-refractivity contribution in [1.29, 1.82) is 0 Å². The lowest BCUT2D eigenvalue weighted by molar-refractivity contribution is -0.138. The van der Waals surface area contributed by atoms with Crippen LogP contribution >= 0.6 is 0 Å². The van der Waals surface area contributed by atoms with Crippen LogP contribution < -0.4 is 4.74 Å². The fourth-order valence-electron chi connectivity index (χ4n) is 4.85. The molecule has 1 spiro atoms. The molecule has 0 atom stereocenters. The molecule has 1 amide bonds. The Kier molecular flexibility index (Phi) is 4.20.